The highest BCUT2D eigenvalue weighted by Crippen LogP contribution is 2.43. The van der Waals surface area contributed by atoms with Crippen molar-refractivity contribution in [3.63, 3.8) is 0 Å². The Morgan fingerprint density at radius 1 is 1.50 bits per heavy atom. The van der Waals surface area contributed by atoms with E-state index in [1.807, 2.05) is 20.8 Å². The third-order valence-corrected chi connectivity index (χ3v) is 5.40. The first-order chi connectivity index (χ1) is 11.2. The molecular formula is C17H23BrFN3O2. The second kappa shape index (κ2) is 6.26. The van der Waals surface area contributed by atoms with Gasteiger partial charge in [-0.2, -0.15) is 0 Å². The van der Waals surface area contributed by atoms with Crippen molar-refractivity contribution in [3.8, 4) is 0 Å². The van der Waals surface area contributed by atoms with E-state index < -0.39 is 11.4 Å². The minimum Gasteiger partial charge on any atom is -0.444 e. The van der Waals surface area contributed by atoms with Crippen molar-refractivity contribution >= 4 is 22.0 Å². The van der Waals surface area contributed by atoms with Crippen LogP contribution in [0.2, 0.25) is 0 Å². The number of nitrogens with two attached hydrogens (primary N) is 1. The fraction of sp³-hybridized carbons (Fsp3) is 0.647. The van der Waals surface area contributed by atoms with E-state index in [1.54, 1.807) is 17.2 Å². The summed E-state index contributed by atoms with van der Waals surface area (Å²) in [6.07, 6.45) is 3.36. The number of hydrogen-bond acceptors (Lipinski definition) is 4. The molecule has 3 fully saturated rings. The van der Waals surface area contributed by atoms with Crippen LogP contribution in [0.3, 0.4) is 0 Å². The van der Waals surface area contributed by atoms with Gasteiger partial charge in [-0.25, -0.2) is 14.2 Å². The number of hydrogen-bond donors (Lipinski definition) is 1. The van der Waals surface area contributed by atoms with Crippen LogP contribution < -0.4 is 5.73 Å². The monoisotopic (exact) mass is 399 g/mol. The molecule has 0 aromatic carbocycles. The molecule has 1 aliphatic carbocycles. The smallest absolute Gasteiger partial charge is 0.410 e. The van der Waals surface area contributed by atoms with Gasteiger partial charge in [0.15, 0.2) is 5.82 Å². The maximum Gasteiger partial charge on any atom is 0.410 e. The first-order valence-electron chi connectivity index (χ1n) is 8.23. The molecule has 3 heterocycles. The first-order valence-corrected chi connectivity index (χ1v) is 9.02. The highest BCUT2D eigenvalue weighted by molar-refractivity contribution is 9.10. The van der Waals surface area contributed by atoms with Crippen molar-refractivity contribution in [2.45, 2.75) is 63.8 Å². The van der Waals surface area contributed by atoms with E-state index in [9.17, 15) is 9.18 Å². The lowest BCUT2D eigenvalue weighted by Gasteiger charge is -2.56. The van der Waals surface area contributed by atoms with Crippen molar-refractivity contribution in [2.24, 2.45) is 11.7 Å². The average Bonchev–Trinajstić information content (AvgIpc) is 2.42. The Kier molecular flexibility index (Phi) is 4.59. The van der Waals surface area contributed by atoms with Gasteiger partial charge < -0.3 is 15.4 Å². The largest absolute Gasteiger partial charge is 0.444 e. The van der Waals surface area contributed by atoms with Crippen molar-refractivity contribution in [2.75, 3.05) is 0 Å². The number of rotatable bonds is 2. The summed E-state index contributed by atoms with van der Waals surface area (Å²) in [6.45, 7) is 5.52. The van der Waals surface area contributed by atoms with E-state index in [-0.39, 0.29) is 28.8 Å². The number of carbonyl (C=O) groups excluding carboxylic acids is 1. The van der Waals surface area contributed by atoms with Gasteiger partial charge in [-0.05, 0) is 73.5 Å². The van der Waals surface area contributed by atoms with Crippen LogP contribution in [0, 0.1) is 11.7 Å². The van der Waals surface area contributed by atoms with E-state index in [0.29, 0.717) is 17.9 Å². The zero-order chi connectivity index (χ0) is 17.6. The van der Waals surface area contributed by atoms with Crippen molar-refractivity contribution in [3.05, 3.63) is 28.2 Å². The summed E-state index contributed by atoms with van der Waals surface area (Å²) in [4.78, 5) is 18.3. The Bertz CT molecular complexity index is 643. The van der Waals surface area contributed by atoms with Crippen molar-refractivity contribution in [1.29, 1.82) is 0 Å². The number of halogens is 2. The molecular weight excluding hydrogens is 377 g/mol. The fourth-order valence-electron chi connectivity index (χ4n) is 3.61. The molecule has 1 saturated carbocycles. The second-order valence-corrected chi connectivity index (χ2v) is 8.45. The van der Waals surface area contributed by atoms with Crippen molar-refractivity contribution < 1.29 is 13.9 Å². The number of pyridine rings is 1. The summed E-state index contributed by atoms with van der Waals surface area (Å²) in [5.74, 6) is 0.000103. The van der Waals surface area contributed by atoms with Crippen LogP contribution in [-0.4, -0.2) is 39.7 Å². The molecule has 5 nitrogen and oxygen atoms in total. The number of aromatic nitrogens is 1. The molecule has 3 aliphatic rings. The molecule has 2 N–H and O–H groups in total. The average molecular weight is 400 g/mol. The molecule has 2 saturated heterocycles. The number of nitrogens with zero attached hydrogens (tertiary/aromatic N) is 2. The number of ether oxygens (including phenoxy) is 1. The van der Waals surface area contributed by atoms with Gasteiger partial charge >= 0.3 is 6.09 Å². The number of piperidine rings is 2. The molecule has 2 aliphatic heterocycles. The molecule has 2 atom stereocenters. The van der Waals surface area contributed by atoms with Crippen LogP contribution >= 0.6 is 15.9 Å². The van der Waals surface area contributed by atoms with Gasteiger partial charge in [-0.3, -0.25) is 0 Å². The van der Waals surface area contributed by atoms with Gasteiger partial charge in [-0.1, -0.05) is 0 Å². The predicted molar refractivity (Wildman–Crippen MR) is 91.9 cm³/mol. The Labute approximate surface area is 149 Å². The van der Waals surface area contributed by atoms with Gasteiger partial charge in [0, 0.05) is 18.3 Å². The van der Waals surface area contributed by atoms with Crippen LogP contribution in [0.4, 0.5) is 9.18 Å². The molecule has 2 unspecified atom stereocenters. The Hall–Kier alpha value is -1.21. The van der Waals surface area contributed by atoms with Gasteiger partial charge in [0.25, 0.3) is 0 Å². The maximum atomic E-state index is 14.3. The summed E-state index contributed by atoms with van der Waals surface area (Å²) >= 11 is 3.11. The maximum absolute atomic E-state index is 14.3. The van der Waals surface area contributed by atoms with E-state index in [1.165, 1.54) is 0 Å². The van der Waals surface area contributed by atoms with Crippen LogP contribution in [0.5, 0.6) is 0 Å². The Balaban J connectivity index is 1.85. The highest BCUT2D eigenvalue weighted by atomic mass is 79.9. The van der Waals surface area contributed by atoms with Crippen molar-refractivity contribution in [1.82, 2.24) is 9.88 Å². The summed E-state index contributed by atoms with van der Waals surface area (Å²) in [7, 11) is 0. The molecule has 1 aromatic rings. The van der Waals surface area contributed by atoms with E-state index >= 15 is 0 Å². The molecule has 7 heteroatoms. The fourth-order valence-corrected chi connectivity index (χ4v) is 3.99. The molecule has 0 radical (unpaired) electrons. The van der Waals surface area contributed by atoms with E-state index in [0.717, 1.165) is 12.8 Å². The SMILES string of the molecule is CC(C)(C)OC(=O)N1C2CC(C2)C(N)C1Cc1ccnc(Br)c1F. The number of carbonyl (C=O) groups is 1. The van der Waals surface area contributed by atoms with Crippen LogP contribution in [-0.2, 0) is 11.2 Å². The molecule has 4 rings (SSSR count). The zero-order valence-corrected chi connectivity index (χ0v) is 15.7. The summed E-state index contributed by atoms with van der Waals surface area (Å²) in [5.41, 5.74) is 6.32. The van der Waals surface area contributed by atoms with E-state index in [4.69, 9.17) is 10.5 Å². The lowest BCUT2D eigenvalue weighted by Crippen LogP contribution is -2.69. The van der Waals surface area contributed by atoms with Crippen LogP contribution in [0.15, 0.2) is 16.9 Å². The highest BCUT2D eigenvalue weighted by Gasteiger charge is 2.52. The quantitative estimate of drug-likeness (QED) is 0.774. The predicted octanol–water partition coefficient (Wildman–Crippen LogP) is 3.25. The number of amides is 1. The van der Waals surface area contributed by atoms with Gasteiger partial charge in [0.05, 0.1) is 6.04 Å². The number of fused-ring (bicyclic) bond motifs is 2. The molecule has 132 valence electrons. The molecule has 1 amide bonds. The first kappa shape index (κ1) is 17.6. The molecule has 0 spiro atoms. The third-order valence-electron chi connectivity index (χ3n) is 4.85. The zero-order valence-electron chi connectivity index (χ0n) is 14.1. The minimum absolute atomic E-state index is 0.142. The Morgan fingerprint density at radius 3 is 2.79 bits per heavy atom. The lowest BCUT2D eigenvalue weighted by molar-refractivity contribution is -0.0619. The van der Waals surface area contributed by atoms with Gasteiger partial charge in [0.2, 0.25) is 0 Å². The van der Waals surface area contributed by atoms with E-state index in [2.05, 4.69) is 20.9 Å². The Morgan fingerprint density at radius 2 is 2.17 bits per heavy atom. The van der Waals surface area contributed by atoms with Crippen LogP contribution in [0.1, 0.15) is 39.2 Å². The molecule has 2 bridgehead atoms. The molecule has 24 heavy (non-hydrogen) atoms. The minimum atomic E-state index is -0.572. The normalized spacial score (nSPS) is 29.2. The summed E-state index contributed by atoms with van der Waals surface area (Å²) in [6, 6.07) is 1.35. The summed E-state index contributed by atoms with van der Waals surface area (Å²) in [5, 5.41) is 0. The standard InChI is InChI=1S/C17H23BrFN3O2/c1-17(2,3)24-16(23)22-11-6-10(7-11)14(20)12(22)8-9-4-5-21-15(18)13(9)19/h4-5,10-12,14H,6-8,20H2,1-3H3. The van der Waals surface area contributed by atoms with Crippen LogP contribution in [0.25, 0.3) is 0 Å². The lowest BCUT2D eigenvalue weighted by atomic mass is 9.67. The van der Waals surface area contributed by atoms with Gasteiger partial charge in [-0.15, -0.1) is 0 Å². The topological polar surface area (TPSA) is 68.5 Å². The van der Waals surface area contributed by atoms with Gasteiger partial charge in [0.1, 0.15) is 10.2 Å². The third kappa shape index (κ3) is 3.28. The molecule has 1 aromatic heterocycles. The summed E-state index contributed by atoms with van der Waals surface area (Å²) < 4.78 is 20.0. The second-order valence-electron chi connectivity index (χ2n) is 7.70.